The van der Waals surface area contributed by atoms with Crippen LogP contribution in [-0.2, 0) is 26.4 Å². The van der Waals surface area contributed by atoms with E-state index in [1.54, 1.807) is 0 Å². The van der Waals surface area contributed by atoms with Crippen LogP contribution in [0.4, 0.5) is 0 Å². The van der Waals surface area contributed by atoms with E-state index in [2.05, 4.69) is 47.9 Å². The van der Waals surface area contributed by atoms with E-state index in [0.29, 0.717) is 0 Å². The molecule has 4 heteroatoms. The van der Waals surface area contributed by atoms with Crippen LogP contribution < -0.4 is 0 Å². The van der Waals surface area contributed by atoms with E-state index in [9.17, 15) is 0 Å². The molecule has 0 atom stereocenters. The summed E-state index contributed by atoms with van der Waals surface area (Å²) < 4.78 is 15.0. The molecule has 0 unspecified atom stereocenters. The first-order valence-corrected chi connectivity index (χ1v) is 5.41. The van der Waals surface area contributed by atoms with Gasteiger partial charge in [-0.3, -0.25) is 0 Å². The normalized spacial score (nSPS) is 33.2. The summed E-state index contributed by atoms with van der Waals surface area (Å²) in [5.41, 5.74) is 0. The summed E-state index contributed by atoms with van der Waals surface area (Å²) in [5, 5.41) is 7.00. The van der Waals surface area contributed by atoms with Crippen molar-refractivity contribution in [3.63, 3.8) is 0 Å². The molecular weight excluding hydrogens is 260 g/mol. The third-order valence-electron chi connectivity index (χ3n) is 4.15. The molecule has 1 fully saturated rings. The van der Waals surface area contributed by atoms with Crippen LogP contribution in [0.2, 0.25) is 0 Å². The molecule has 1 saturated carbocycles. The predicted molar refractivity (Wildman–Crippen MR) is 61.8 cm³/mol. The van der Waals surface area contributed by atoms with Crippen molar-refractivity contribution in [2.45, 2.75) is 34.6 Å². The molecule has 3 nitrogen and oxygen atoms in total. The Bertz CT molecular complexity index is 141. The summed E-state index contributed by atoms with van der Waals surface area (Å²) in [4.78, 5) is 0. The van der Waals surface area contributed by atoms with Crippen molar-refractivity contribution >= 4 is 0 Å². The van der Waals surface area contributed by atoms with E-state index in [1.807, 2.05) is 0 Å². The molecule has 0 spiro atoms. The van der Waals surface area contributed by atoms with Crippen LogP contribution in [0.3, 0.4) is 0 Å². The molecule has 0 radical (unpaired) electrons. The van der Waals surface area contributed by atoms with Gasteiger partial charge in [0.15, 0.2) is 0 Å². The Balaban J connectivity index is -0.000000106. The molecule has 0 aromatic carbocycles. The zero-order valence-electron chi connectivity index (χ0n) is 11.5. The third-order valence-corrected chi connectivity index (χ3v) is 4.15. The fourth-order valence-corrected chi connectivity index (χ4v) is 2.39. The van der Waals surface area contributed by atoms with Gasteiger partial charge in [0, 0.05) is 24.2 Å². The summed E-state index contributed by atoms with van der Waals surface area (Å²) >= 11 is 0. The number of hydrogen-bond donors (Lipinski definition) is 1. The van der Waals surface area contributed by atoms with Crippen molar-refractivity contribution in [3.8, 4) is 0 Å². The Morgan fingerprint density at radius 1 is 0.588 bits per heavy atom. The Morgan fingerprint density at radius 3 is 0.706 bits per heavy atom. The minimum Gasteiger partial charge on any atom is 0 e. The average molecular weight is 284 g/mol. The number of aliphatic hydroxyl groups is 1. The van der Waals surface area contributed by atoms with Gasteiger partial charge >= 0.3 is 22.6 Å². The van der Waals surface area contributed by atoms with Crippen LogP contribution in [0.1, 0.15) is 34.6 Å². The van der Waals surface area contributed by atoms with Crippen molar-refractivity contribution in [2.75, 3.05) is 7.11 Å². The summed E-state index contributed by atoms with van der Waals surface area (Å²) in [6.07, 6.45) is 0. The molecule has 17 heavy (non-hydrogen) atoms. The molecular formula is C13H24FeO3. The largest absolute Gasteiger partial charge is 0 e. The van der Waals surface area contributed by atoms with Crippen molar-refractivity contribution < 1.29 is 31.5 Å². The molecule has 1 rings (SSSR count). The van der Waals surface area contributed by atoms with Crippen LogP contribution in [0.15, 0.2) is 0 Å². The van der Waals surface area contributed by atoms with Gasteiger partial charge in [0.05, 0.1) is 0 Å². The number of aliphatic hydroxyl groups excluding tert-OH is 1. The first kappa shape index (κ1) is 25.7. The first-order chi connectivity index (χ1) is 7.55. The summed E-state index contributed by atoms with van der Waals surface area (Å²) in [5.74, 6) is 4.68. The van der Waals surface area contributed by atoms with E-state index in [1.165, 1.54) is 0 Å². The SMILES string of the molecule is CC1C(C)C(C)C(C)C1C.CO.[C-]#[O+].[C-]#[O+].[Fe]. The van der Waals surface area contributed by atoms with E-state index in [4.69, 9.17) is 14.4 Å². The molecule has 1 N–H and O–H groups in total. The summed E-state index contributed by atoms with van der Waals surface area (Å²) in [6.45, 7) is 21.0. The molecule has 0 amide bonds. The Labute approximate surface area is 116 Å². The van der Waals surface area contributed by atoms with E-state index >= 15 is 0 Å². The average Bonchev–Trinajstić information content (AvgIpc) is 2.55. The standard InChI is InChI=1S/C10H20.CH4O.2CO.Fe/c1-6-7(2)9(4)10(5)8(6)3;3*1-2;/h6-10H,1-5H3;2H,1H3;;;. The predicted octanol–water partition coefficient (Wildman–Crippen LogP) is 2.71. The van der Waals surface area contributed by atoms with Crippen molar-refractivity contribution in [3.05, 3.63) is 13.3 Å². The van der Waals surface area contributed by atoms with Crippen LogP contribution in [0.25, 0.3) is 0 Å². The summed E-state index contributed by atoms with van der Waals surface area (Å²) in [7, 11) is 1.00. The van der Waals surface area contributed by atoms with Gasteiger partial charge in [-0.05, 0) is 29.6 Å². The van der Waals surface area contributed by atoms with Crippen LogP contribution in [0.5, 0.6) is 0 Å². The minimum absolute atomic E-state index is 0. The molecule has 102 valence electrons. The fourth-order valence-electron chi connectivity index (χ4n) is 2.39. The zero-order chi connectivity index (χ0) is 13.9. The second kappa shape index (κ2) is 16.0. The van der Waals surface area contributed by atoms with Crippen LogP contribution >= 0.6 is 0 Å². The van der Waals surface area contributed by atoms with Gasteiger partial charge in [-0.1, -0.05) is 34.6 Å². The third kappa shape index (κ3) is 7.81. The Morgan fingerprint density at radius 2 is 0.647 bits per heavy atom. The Hall–Kier alpha value is -0.0405. The monoisotopic (exact) mass is 284 g/mol. The van der Waals surface area contributed by atoms with Crippen molar-refractivity contribution in [1.29, 1.82) is 0 Å². The quantitative estimate of drug-likeness (QED) is 0.415. The van der Waals surface area contributed by atoms with Gasteiger partial charge in [-0.15, -0.1) is 0 Å². The van der Waals surface area contributed by atoms with Crippen molar-refractivity contribution in [2.24, 2.45) is 29.6 Å². The molecule has 0 bridgehead atoms. The summed E-state index contributed by atoms with van der Waals surface area (Å²) in [6, 6.07) is 0. The van der Waals surface area contributed by atoms with Gasteiger partial charge < -0.3 is 5.11 Å². The number of hydrogen-bond acceptors (Lipinski definition) is 1. The van der Waals surface area contributed by atoms with E-state index < -0.39 is 0 Å². The molecule has 0 aromatic heterocycles. The van der Waals surface area contributed by atoms with Gasteiger partial charge in [-0.25, -0.2) is 0 Å². The minimum atomic E-state index is 0. The maximum absolute atomic E-state index is 7.50. The van der Waals surface area contributed by atoms with E-state index in [-0.39, 0.29) is 17.1 Å². The van der Waals surface area contributed by atoms with Gasteiger partial charge in [0.2, 0.25) is 0 Å². The number of rotatable bonds is 0. The molecule has 0 heterocycles. The maximum atomic E-state index is 7.50. The molecule has 1 aliphatic rings. The molecule has 0 aliphatic heterocycles. The smallest absolute Gasteiger partial charge is 0 e. The molecule has 1 aliphatic carbocycles. The van der Waals surface area contributed by atoms with Gasteiger partial charge in [0.25, 0.3) is 0 Å². The maximum Gasteiger partial charge on any atom is 0 e. The zero-order valence-corrected chi connectivity index (χ0v) is 12.6. The topological polar surface area (TPSA) is 60.0 Å². The van der Waals surface area contributed by atoms with Crippen LogP contribution in [-0.4, -0.2) is 12.2 Å². The van der Waals surface area contributed by atoms with Crippen LogP contribution in [0, 0.1) is 42.9 Å². The second-order valence-electron chi connectivity index (χ2n) is 4.30. The van der Waals surface area contributed by atoms with Gasteiger partial charge in [0.1, 0.15) is 0 Å². The van der Waals surface area contributed by atoms with E-state index in [0.717, 1.165) is 36.7 Å². The first-order valence-electron chi connectivity index (χ1n) is 5.41. The molecule has 0 saturated heterocycles. The van der Waals surface area contributed by atoms with Gasteiger partial charge in [-0.2, -0.15) is 0 Å². The Kier molecular flexibility index (Phi) is 24.1. The second-order valence-corrected chi connectivity index (χ2v) is 4.30. The molecule has 0 aromatic rings. The fraction of sp³-hybridized carbons (Fsp3) is 0.846. The van der Waals surface area contributed by atoms with Crippen molar-refractivity contribution in [1.82, 2.24) is 0 Å².